The van der Waals surface area contributed by atoms with E-state index in [0.29, 0.717) is 0 Å². The quantitative estimate of drug-likeness (QED) is 0.922. The number of rotatable bonds is 4. The van der Waals surface area contributed by atoms with Gasteiger partial charge in [0, 0.05) is 0 Å². The van der Waals surface area contributed by atoms with Crippen molar-refractivity contribution in [2.24, 2.45) is 0 Å². The molecule has 2 aromatic rings. The maximum absolute atomic E-state index is 9.08. The molecule has 0 saturated carbocycles. The Kier molecular flexibility index (Phi) is 4.45. The van der Waals surface area contributed by atoms with E-state index in [-0.39, 0.29) is 6.61 Å². The van der Waals surface area contributed by atoms with Gasteiger partial charge in [0.1, 0.15) is 17.2 Å². The molecule has 0 aliphatic carbocycles. The van der Waals surface area contributed by atoms with E-state index in [0.717, 1.165) is 32.8 Å². The third-order valence-corrected chi connectivity index (χ3v) is 3.40. The molecule has 3 nitrogen and oxygen atoms in total. The second-order valence-corrected chi connectivity index (χ2v) is 5.01. The van der Waals surface area contributed by atoms with Gasteiger partial charge in [-0.1, -0.05) is 12.1 Å². The summed E-state index contributed by atoms with van der Waals surface area (Å²) in [6.45, 7) is 1.99. The Morgan fingerprint density at radius 1 is 1.11 bits per heavy atom. The summed E-state index contributed by atoms with van der Waals surface area (Å²) in [4.78, 5) is 0. The van der Waals surface area contributed by atoms with Crippen molar-refractivity contribution in [2.75, 3.05) is 7.11 Å². The van der Waals surface area contributed by atoms with E-state index >= 15 is 0 Å². The minimum absolute atomic E-state index is 0.0351. The molecule has 2 rings (SSSR count). The van der Waals surface area contributed by atoms with Crippen LogP contribution in [0.25, 0.3) is 0 Å². The van der Waals surface area contributed by atoms with Gasteiger partial charge in [-0.05, 0) is 58.2 Å². The number of methoxy groups -OCH3 is 1. The van der Waals surface area contributed by atoms with Crippen molar-refractivity contribution in [2.45, 2.75) is 13.5 Å². The Balaban J connectivity index is 2.26. The summed E-state index contributed by atoms with van der Waals surface area (Å²) < 4.78 is 11.8. The van der Waals surface area contributed by atoms with Gasteiger partial charge in [0.05, 0.1) is 18.2 Å². The van der Waals surface area contributed by atoms with Crippen molar-refractivity contribution in [3.63, 3.8) is 0 Å². The number of hydrogen-bond donors (Lipinski definition) is 1. The molecule has 100 valence electrons. The Labute approximate surface area is 120 Å². The Morgan fingerprint density at radius 2 is 1.84 bits per heavy atom. The van der Waals surface area contributed by atoms with E-state index in [1.54, 1.807) is 7.11 Å². The van der Waals surface area contributed by atoms with Crippen LogP contribution in [-0.4, -0.2) is 12.2 Å². The van der Waals surface area contributed by atoms with Crippen molar-refractivity contribution >= 4 is 15.9 Å². The summed E-state index contributed by atoms with van der Waals surface area (Å²) in [6, 6.07) is 11.2. The molecule has 0 aliphatic rings. The van der Waals surface area contributed by atoms with Crippen molar-refractivity contribution in [3.05, 3.63) is 52.0 Å². The van der Waals surface area contributed by atoms with E-state index in [4.69, 9.17) is 14.6 Å². The van der Waals surface area contributed by atoms with E-state index in [2.05, 4.69) is 15.9 Å². The fraction of sp³-hybridized carbons (Fsp3) is 0.200. The lowest BCUT2D eigenvalue weighted by atomic mass is 10.1. The molecule has 2 aromatic carbocycles. The molecular weight excluding hydrogens is 308 g/mol. The van der Waals surface area contributed by atoms with Crippen LogP contribution in [0.2, 0.25) is 0 Å². The highest BCUT2D eigenvalue weighted by molar-refractivity contribution is 9.10. The van der Waals surface area contributed by atoms with Crippen molar-refractivity contribution < 1.29 is 14.6 Å². The summed E-state index contributed by atoms with van der Waals surface area (Å²) in [5.41, 5.74) is 1.85. The highest BCUT2D eigenvalue weighted by atomic mass is 79.9. The molecule has 19 heavy (non-hydrogen) atoms. The average molecular weight is 323 g/mol. The Morgan fingerprint density at radius 3 is 2.42 bits per heavy atom. The van der Waals surface area contributed by atoms with Crippen LogP contribution in [0.15, 0.2) is 40.9 Å². The summed E-state index contributed by atoms with van der Waals surface area (Å²) in [5.74, 6) is 2.26. The van der Waals surface area contributed by atoms with Crippen LogP contribution in [-0.2, 0) is 6.61 Å². The first-order valence-corrected chi connectivity index (χ1v) is 6.65. The first-order valence-electron chi connectivity index (χ1n) is 5.86. The first kappa shape index (κ1) is 13.9. The average Bonchev–Trinajstić information content (AvgIpc) is 2.42. The van der Waals surface area contributed by atoms with Gasteiger partial charge >= 0.3 is 0 Å². The number of ether oxygens (including phenoxy) is 2. The molecule has 0 radical (unpaired) electrons. The molecule has 0 bridgehead atoms. The van der Waals surface area contributed by atoms with Crippen LogP contribution in [0.1, 0.15) is 11.1 Å². The van der Waals surface area contributed by atoms with Crippen LogP contribution in [0.3, 0.4) is 0 Å². The van der Waals surface area contributed by atoms with E-state index in [1.165, 1.54) is 0 Å². The normalized spacial score (nSPS) is 10.3. The van der Waals surface area contributed by atoms with E-state index in [1.807, 2.05) is 43.3 Å². The predicted molar refractivity (Wildman–Crippen MR) is 77.9 cm³/mol. The number of halogens is 1. The van der Waals surface area contributed by atoms with Crippen LogP contribution in [0.5, 0.6) is 17.2 Å². The highest BCUT2D eigenvalue weighted by Gasteiger charge is 2.07. The second kappa shape index (κ2) is 6.08. The number of benzene rings is 2. The second-order valence-electron chi connectivity index (χ2n) is 4.16. The standard InChI is InChI=1S/C15H15BrO3/c1-10-7-11(9-17)3-5-14(10)19-15-6-4-12(18-2)8-13(15)16/h3-8,17H,9H2,1-2H3. The van der Waals surface area contributed by atoms with Gasteiger partial charge in [0.2, 0.25) is 0 Å². The summed E-state index contributed by atoms with van der Waals surface area (Å²) in [5, 5.41) is 9.08. The molecule has 0 saturated heterocycles. The minimum Gasteiger partial charge on any atom is -0.497 e. The third-order valence-electron chi connectivity index (χ3n) is 2.78. The molecule has 0 fully saturated rings. The minimum atomic E-state index is 0.0351. The molecule has 1 N–H and O–H groups in total. The van der Waals surface area contributed by atoms with Crippen molar-refractivity contribution in [3.8, 4) is 17.2 Å². The molecule has 4 heteroatoms. The maximum atomic E-state index is 9.08. The molecule has 0 aliphatic heterocycles. The smallest absolute Gasteiger partial charge is 0.141 e. The van der Waals surface area contributed by atoms with Crippen molar-refractivity contribution in [1.82, 2.24) is 0 Å². The number of aliphatic hydroxyl groups excluding tert-OH is 1. The number of aryl methyl sites for hydroxylation is 1. The van der Waals surface area contributed by atoms with Gasteiger partial charge in [-0.2, -0.15) is 0 Å². The molecule has 0 aromatic heterocycles. The fourth-order valence-electron chi connectivity index (χ4n) is 1.73. The fourth-order valence-corrected chi connectivity index (χ4v) is 2.17. The summed E-state index contributed by atoms with van der Waals surface area (Å²) in [7, 11) is 1.63. The number of aliphatic hydroxyl groups is 1. The van der Waals surface area contributed by atoms with Gasteiger partial charge in [-0.15, -0.1) is 0 Å². The van der Waals surface area contributed by atoms with Gasteiger partial charge in [0.25, 0.3) is 0 Å². The zero-order valence-corrected chi connectivity index (χ0v) is 12.4. The summed E-state index contributed by atoms with van der Waals surface area (Å²) >= 11 is 3.45. The van der Waals surface area contributed by atoms with Crippen molar-refractivity contribution in [1.29, 1.82) is 0 Å². The highest BCUT2D eigenvalue weighted by Crippen LogP contribution is 2.34. The molecule has 0 heterocycles. The molecule has 0 unspecified atom stereocenters. The Hall–Kier alpha value is -1.52. The van der Waals surface area contributed by atoms with Crippen LogP contribution in [0, 0.1) is 6.92 Å². The summed E-state index contributed by atoms with van der Waals surface area (Å²) in [6.07, 6.45) is 0. The van der Waals surface area contributed by atoms with Gasteiger partial charge in [-0.25, -0.2) is 0 Å². The monoisotopic (exact) mass is 322 g/mol. The van der Waals surface area contributed by atoms with Crippen LogP contribution >= 0.6 is 15.9 Å². The Bertz CT molecular complexity index is 530. The topological polar surface area (TPSA) is 38.7 Å². The lowest BCUT2D eigenvalue weighted by Crippen LogP contribution is -1.92. The maximum Gasteiger partial charge on any atom is 0.141 e. The van der Waals surface area contributed by atoms with E-state index < -0.39 is 0 Å². The SMILES string of the molecule is COc1ccc(Oc2ccc(CO)cc2C)c(Br)c1. The van der Waals surface area contributed by atoms with Crippen LogP contribution in [0.4, 0.5) is 0 Å². The van der Waals surface area contributed by atoms with Gasteiger partial charge < -0.3 is 14.6 Å². The first-order chi connectivity index (χ1) is 9.13. The molecular formula is C15H15BrO3. The lowest BCUT2D eigenvalue weighted by molar-refractivity contribution is 0.281. The van der Waals surface area contributed by atoms with Crippen LogP contribution < -0.4 is 9.47 Å². The third kappa shape index (κ3) is 3.28. The number of hydrogen-bond acceptors (Lipinski definition) is 3. The molecule has 0 spiro atoms. The molecule has 0 amide bonds. The van der Waals surface area contributed by atoms with Gasteiger partial charge in [0.15, 0.2) is 0 Å². The lowest BCUT2D eigenvalue weighted by Gasteiger charge is -2.12. The largest absolute Gasteiger partial charge is 0.497 e. The predicted octanol–water partition coefficient (Wildman–Crippen LogP) is 4.05. The van der Waals surface area contributed by atoms with E-state index in [9.17, 15) is 0 Å². The molecule has 0 atom stereocenters. The van der Waals surface area contributed by atoms with Gasteiger partial charge in [-0.3, -0.25) is 0 Å². The zero-order valence-electron chi connectivity index (χ0n) is 10.8. The zero-order chi connectivity index (χ0) is 13.8.